The van der Waals surface area contributed by atoms with Crippen molar-refractivity contribution in [3.05, 3.63) is 29.8 Å². The van der Waals surface area contributed by atoms with Crippen molar-refractivity contribution in [3.63, 3.8) is 0 Å². The molecular weight excluding hydrogens is 479 g/mol. The molecular formula is C22H39IN4O2. The summed E-state index contributed by atoms with van der Waals surface area (Å²) in [7, 11) is 5.28. The number of nitrogens with zero attached hydrogens (tertiary/aromatic N) is 2. The summed E-state index contributed by atoms with van der Waals surface area (Å²) in [5.41, 5.74) is 1.37. The first-order valence-corrected chi connectivity index (χ1v) is 10.2. The maximum Gasteiger partial charge on any atom is 0.191 e. The molecule has 6 nitrogen and oxygen atoms in total. The number of nitrogens with one attached hydrogen (secondary N) is 2. The van der Waals surface area contributed by atoms with E-state index in [1.165, 1.54) is 18.4 Å². The highest BCUT2D eigenvalue weighted by molar-refractivity contribution is 14.0. The zero-order chi connectivity index (χ0) is 20.6. The van der Waals surface area contributed by atoms with Crippen LogP contribution in [0, 0.1) is 5.41 Å². The topological polar surface area (TPSA) is 58.1 Å². The molecule has 0 amide bonds. The lowest BCUT2D eigenvalue weighted by molar-refractivity contribution is 0.0205. The van der Waals surface area contributed by atoms with Gasteiger partial charge in [-0.2, -0.15) is 0 Å². The van der Waals surface area contributed by atoms with Crippen LogP contribution in [0.5, 0.6) is 5.75 Å². The van der Waals surface area contributed by atoms with Crippen molar-refractivity contribution in [3.8, 4) is 5.75 Å². The van der Waals surface area contributed by atoms with Gasteiger partial charge in [-0.3, -0.25) is 9.89 Å². The monoisotopic (exact) mass is 518 g/mol. The predicted octanol–water partition coefficient (Wildman–Crippen LogP) is 3.68. The Morgan fingerprint density at radius 2 is 1.66 bits per heavy atom. The molecule has 1 aromatic rings. The van der Waals surface area contributed by atoms with Gasteiger partial charge in [0.2, 0.25) is 0 Å². The summed E-state index contributed by atoms with van der Waals surface area (Å²) < 4.78 is 11.0. The zero-order valence-electron chi connectivity index (χ0n) is 18.8. The number of halogens is 1. The molecule has 2 unspecified atom stereocenters. The Balaban J connectivity index is 0.00000420. The van der Waals surface area contributed by atoms with Crippen LogP contribution in [0.15, 0.2) is 29.3 Å². The van der Waals surface area contributed by atoms with Crippen molar-refractivity contribution in [1.29, 1.82) is 0 Å². The van der Waals surface area contributed by atoms with Gasteiger partial charge < -0.3 is 20.1 Å². The van der Waals surface area contributed by atoms with E-state index in [0.717, 1.165) is 37.9 Å². The first-order valence-electron chi connectivity index (χ1n) is 10.2. The minimum absolute atomic E-state index is 0. The Hall–Kier alpha value is -1.06. The second-order valence-electron chi connectivity index (χ2n) is 8.46. The molecule has 0 aliphatic carbocycles. The van der Waals surface area contributed by atoms with Gasteiger partial charge in [-0.15, -0.1) is 24.0 Å². The van der Waals surface area contributed by atoms with E-state index in [9.17, 15) is 0 Å². The van der Waals surface area contributed by atoms with E-state index < -0.39 is 0 Å². The number of benzene rings is 1. The van der Waals surface area contributed by atoms with Gasteiger partial charge in [-0.1, -0.05) is 32.9 Å². The van der Waals surface area contributed by atoms with Gasteiger partial charge in [0.05, 0.1) is 19.3 Å². The summed E-state index contributed by atoms with van der Waals surface area (Å²) in [6.45, 7) is 10.4. The van der Waals surface area contributed by atoms with E-state index in [0.29, 0.717) is 6.04 Å². The Bertz CT molecular complexity index is 610. The number of methoxy groups -OCH3 is 2. The molecule has 0 bridgehead atoms. The summed E-state index contributed by atoms with van der Waals surface area (Å²) in [5, 5.41) is 6.93. The Labute approximate surface area is 193 Å². The van der Waals surface area contributed by atoms with Crippen LogP contribution in [-0.4, -0.2) is 64.4 Å². The SMILES string of the molecule is CN=C(NCC(c1ccc(OC)cc1)N1CCCC1)NCC(OC)C(C)(C)C.I. The minimum atomic E-state index is 0. The number of ether oxygens (including phenoxy) is 2. The number of likely N-dealkylation sites (tertiary alicyclic amines) is 1. The smallest absolute Gasteiger partial charge is 0.191 e. The molecule has 1 aromatic carbocycles. The number of aliphatic imine (C=N–C) groups is 1. The lowest BCUT2D eigenvalue weighted by atomic mass is 9.89. The van der Waals surface area contributed by atoms with Crippen LogP contribution >= 0.6 is 24.0 Å². The largest absolute Gasteiger partial charge is 0.497 e. The second kappa shape index (κ2) is 12.6. The molecule has 0 saturated carbocycles. The van der Waals surface area contributed by atoms with Crippen molar-refractivity contribution >= 4 is 29.9 Å². The predicted molar refractivity (Wildman–Crippen MR) is 132 cm³/mol. The molecule has 7 heteroatoms. The molecule has 2 atom stereocenters. The molecule has 0 radical (unpaired) electrons. The molecule has 1 fully saturated rings. The molecule has 1 aliphatic heterocycles. The molecule has 29 heavy (non-hydrogen) atoms. The normalized spacial score (nSPS) is 17.4. The highest BCUT2D eigenvalue weighted by atomic mass is 127. The minimum Gasteiger partial charge on any atom is -0.497 e. The van der Waals surface area contributed by atoms with E-state index in [4.69, 9.17) is 9.47 Å². The van der Waals surface area contributed by atoms with Crippen LogP contribution in [0.1, 0.15) is 45.2 Å². The van der Waals surface area contributed by atoms with Gasteiger partial charge >= 0.3 is 0 Å². The Kier molecular flexibility index (Phi) is 11.3. The van der Waals surface area contributed by atoms with Crippen LogP contribution in [0.2, 0.25) is 0 Å². The van der Waals surface area contributed by atoms with Gasteiger partial charge in [0.1, 0.15) is 5.75 Å². The summed E-state index contributed by atoms with van der Waals surface area (Å²) in [5.74, 6) is 1.70. The Morgan fingerprint density at radius 1 is 1.07 bits per heavy atom. The van der Waals surface area contributed by atoms with E-state index >= 15 is 0 Å². The maximum atomic E-state index is 5.64. The lowest BCUT2D eigenvalue weighted by Crippen LogP contribution is -2.47. The van der Waals surface area contributed by atoms with Crippen LogP contribution in [-0.2, 0) is 4.74 Å². The number of hydrogen-bond donors (Lipinski definition) is 2. The molecule has 1 saturated heterocycles. The molecule has 0 spiro atoms. The van der Waals surface area contributed by atoms with Gasteiger partial charge in [0, 0.05) is 27.2 Å². The third kappa shape index (κ3) is 7.94. The second-order valence-corrected chi connectivity index (χ2v) is 8.46. The molecule has 2 N–H and O–H groups in total. The van der Waals surface area contributed by atoms with E-state index in [-0.39, 0.29) is 35.5 Å². The van der Waals surface area contributed by atoms with Crippen LogP contribution in [0.4, 0.5) is 0 Å². The van der Waals surface area contributed by atoms with Crippen molar-refractivity contribution in [2.45, 2.75) is 45.8 Å². The third-order valence-electron chi connectivity index (χ3n) is 5.47. The van der Waals surface area contributed by atoms with Crippen molar-refractivity contribution in [2.24, 2.45) is 10.4 Å². The molecule has 2 rings (SSSR count). The molecule has 0 aromatic heterocycles. The average Bonchev–Trinajstić information content (AvgIpc) is 3.21. The summed E-state index contributed by atoms with van der Waals surface area (Å²) in [4.78, 5) is 6.95. The summed E-state index contributed by atoms with van der Waals surface area (Å²) in [6.07, 6.45) is 2.64. The zero-order valence-corrected chi connectivity index (χ0v) is 21.2. The van der Waals surface area contributed by atoms with Crippen molar-refractivity contribution in [2.75, 3.05) is 47.4 Å². The molecule has 1 heterocycles. The standard InChI is InChI=1S/C22H38N4O2.HI/c1-22(2,3)20(28-6)16-25-21(23-4)24-15-19(26-13-7-8-14-26)17-9-11-18(27-5)12-10-17;/h9-12,19-20H,7-8,13-16H2,1-6H3,(H2,23,24,25);1H. The fraction of sp³-hybridized carbons (Fsp3) is 0.682. The number of rotatable bonds is 8. The quantitative estimate of drug-likeness (QED) is 0.313. The first kappa shape index (κ1) is 26.0. The fourth-order valence-corrected chi connectivity index (χ4v) is 3.68. The van der Waals surface area contributed by atoms with Gasteiger partial charge in [0.25, 0.3) is 0 Å². The average molecular weight is 518 g/mol. The number of hydrogen-bond acceptors (Lipinski definition) is 4. The van der Waals surface area contributed by atoms with Gasteiger partial charge in [-0.25, -0.2) is 0 Å². The number of guanidine groups is 1. The highest BCUT2D eigenvalue weighted by Gasteiger charge is 2.26. The Morgan fingerprint density at radius 3 is 2.14 bits per heavy atom. The van der Waals surface area contributed by atoms with Crippen molar-refractivity contribution < 1.29 is 9.47 Å². The van der Waals surface area contributed by atoms with Crippen molar-refractivity contribution in [1.82, 2.24) is 15.5 Å². The maximum absolute atomic E-state index is 5.64. The van der Waals surface area contributed by atoms with E-state index in [1.807, 2.05) is 19.2 Å². The lowest BCUT2D eigenvalue weighted by Gasteiger charge is -2.31. The highest BCUT2D eigenvalue weighted by Crippen LogP contribution is 2.26. The molecule has 1 aliphatic rings. The van der Waals surface area contributed by atoms with Gasteiger partial charge in [0.15, 0.2) is 5.96 Å². The summed E-state index contributed by atoms with van der Waals surface area (Å²) >= 11 is 0. The first-order chi connectivity index (χ1) is 13.4. The third-order valence-corrected chi connectivity index (χ3v) is 5.47. The molecule has 166 valence electrons. The summed E-state index contributed by atoms with van der Waals surface area (Å²) in [6, 6.07) is 8.73. The van der Waals surface area contributed by atoms with E-state index in [1.54, 1.807) is 14.2 Å². The van der Waals surface area contributed by atoms with Crippen LogP contribution in [0.3, 0.4) is 0 Å². The van der Waals surface area contributed by atoms with Crippen LogP contribution < -0.4 is 15.4 Å². The fourth-order valence-electron chi connectivity index (χ4n) is 3.68. The van der Waals surface area contributed by atoms with Crippen LogP contribution in [0.25, 0.3) is 0 Å². The van der Waals surface area contributed by atoms with E-state index in [2.05, 4.69) is 53.4 Å². The van der Waals surface area contributed by atoms with Gasteiger partial charge in [-0.05, 0) is 49.0 Å².